The predicted molar refractivity (Wildman–Crippen MR) is 98.4 cm³/mol. The van der Waals surface area contributed by atoms with Crippen LogP contribution in [0.3, 0.4) is 0 Å². The van der Waals surface area contributed by atoms with Gasteiger partial charge in [-0.15, -0.1) is 0 Å². The van der Waals surface area contributed by atoms with E-state index in [0.717, 1.165) is 5.56 Å². The number of methoxy groups -OCH3 is 1. The van der Waals surface area contributed by atoms with Gasteiger partial charge in [-0.2, -0.15) is 0 Å². The van der Waals surface area contributed by atoms with E-state index in [-0.39, 0.29) is 19.1 Å². The maximum atomic E-state index is 12.3. The van der Waals surface area contributed by atoms with Crippen molar-refractivity contribution in [1.82, 2.24) is 5.16 Å². The third kappa shape index (κ3) is 3.68. The lowest BCUT2D eigenvalue weighted by Gasteiger charge is -2.09. The first-order valence-electron chi connectivity index (χ1n) is 8.11. The number of ether oxygens (including phenoxy) is 3. The minimum absolute atomic E-state index is 0.0454. The topological polar surface area (TPSA) is 82.8 Å². The zero-order chi connectivity index (χ0) is 18.8. The van der Waals surface area contributed by atoms with Crippen LogP contribution < -0.4 is 19.5 Å². The molecule has 1 N–H and O–H groups in total. The highest BCUT2D eigenvalue weighted by Gasteiger charge is 2.17. The molecule has 0 spiro atoms. The van der Waals surface area contributed by atoms with Crippen molar-refractivity contribution in [3.63, 3.8) is 0 Å². The van der Waals surface area contributed by atoms with Crippen molar-refractivity contribution in [1.29, 1.82) is 0 Å². The number of amides is 1. The van der Waals surface area contributed by atoms with E-state index in [1.165, 1.54) is 7.11 Å². The summed E-state index contributed by atoms with van der Waals surface area (Å²) in [5.41, 5.74) is 1.78. The number of carbonyl (C=O) groups is 1. The van der Waals surface area contributed by atoms with E-state index in [9.17, 15) is 4.79 Å². The van der Waals surface area contributed by atoms with E-state index in [1.54, 1.807) is 30.3 Å². The number of aromatic nitrogens is 1. The number of nitrogens with zero attached hydrogens (tertiary/aromatic N) is 1. The zero-order valence-electron chi connectivity index (χ0n) is 14.3. The van der Waals surface area contributed by atoms with Crippen molar-refractivity contribution >= 4 is 23.2 Å². The fourth-order valence-electron chi connectivity index (χ4n) is 2.72. The summed E-state index contributed by atoms with van der Waals surface area (Å²) in [6, 6.07) is 12.2. The highest BCUT2D eigenvalue weighted by atomic mass is 35.5. The van der Waals surface area contributed by atoms with Crippen molar-refractivity contribution < 1.29 is 23.5 Å². The third-order valence-corrected chi connectivity index (χ3v) is 4.23. The van der Waals surface area contributed by atoms with Crippen LogP contribution in [-0.4, -0.2) is 25.0 Å². The number of anilines is 1. The molecule has 0 saturated heterocycles. The minimum atomic E-state index is -0.263. The van der Waals surface area contributed by atoms with Gasteiger partial charge in [-0.25, -0.2) is 0 Å². The molecule has 0 radical (unpaired) electrons. The number of hydrogen-bond donors (Lipinski definition) is 1. The van der Waals surface area contributed by atoms with Gasteiger partial charge in [-0.1, -0.05) is 16.8 Å². The number of rotatable bonds is 5. The van der Waals surface area contributed by atoms with Crippen LogP contribution in [0.1, 0.15) is 5.69 Å². The average molecular weight is 387 g/mol. The second-order valence-electron chi connectivity index (χ2n) is 5.82. The summed E-state index contributed by atoms with van der Waals surface area (Å²) in [5, 5.41) is 7.23. The monoisotopic (exact) mass is 386 g/mol. The van der Waals surface area contributed by atoms with Crippen LogP contribution in [-0.2, 0) is 11.2 Å². The first-order chi connectivity index (χ1) is 13.1. The van der Waals surface area contributed by atoms with E-state index >= 15 is 0 Å². The van der Waals surface area contributed by atoms with E-state index in [0.29, 0.717) is 39.4 Å². The second-order valence-corrected chi connectivity index (χ2v) is 6.26. The van der Waals surface area contributed by atoms with Gasteiger partial charge in [0, 0.05) is 16.7 Å². The number of carbonyl (C=O) groups excluding carboxylic acids is 1. The predicted octanol–water partition coefficient (Wildman–Crippen LogP) is 3.91. The Labute approximate surface area is 159 Å². The molecule has 0 saturated carbocycles. The van der Waals surface area contributed by atoms with Crippen molar-refractivity contribution in [2.45, 2.75) is 6.42 Å². The summed E-state index contributed by atoms with van der Waals surface area (Å²) in [6.07, 6.45) is 0.0454. The van der Waals surface area contributed by atoms with E-state index in [1.807, 2.05) is 12.1 Å². The molecule has 27 heavy (non-hydrogen) atoms. The first-order valence-corrected chi connectivity index (χ1v) is 8.49. The molecule has 0 unspecified atom stereocenters. The van der Waals surface area contributed by atoms with Crippen LogP contribution in [0.4, 0.5) is 5.69 Å². The van der Waals surface area contributed by atoms with Crippen molar-refractivity contribution in [2.24, 2.45) is 0 Å². The van der Waals surface area contributed by atoms with E-state index < -0.39 is 0 Å². The van der Waals surface area contributed by atoms with Gasteiger partial charge < -0.3 is 24.1 Å². The maximum absolute atomic E-state index is 12.3. The van der Waals surface area contributed by atoms with Crippen molar-refractivity contribution in [2.75, 3.05) is 19.2 Å². The summed E-state index contributed by atoms with van der Waals surface area (Å²) >= 11 is 5.98. The molecule has 0 bridgehead atoms. The van der Waals surface area contributed by atoms with Gasteiger partial charge in [0.25, 0.3) is 0 Å². The molecule has 2 aromatic carbocycles. The summed E-state index contributed by atoms with van der Waals surface area (Å²) in [7, 11) is 1.52. The lowest BCUT2D eigenvalue weighted by molar-refractivity contribution is -0.115. The molecule has 3 aromatic rings. The lowest BCUT2D eigenvalue weighted by Crippen LogP contribution is -2.15. The van der Waals surface area contributed by atoms with Crippen LogP contribution in [0, 0.1) is 0 Å². The summed E-state index contributed by atoms with van der Waals surface area (Å²) < 4.78 is 21.2. The highest BCUT2D eigenvalue weighted by molar-refractivity contribution is 6.31. The molecule has 138 valence electrons. The Morgan fingerprint density at radius 2 is 2.04 bits per heavy atom. The number of fused-ring (bicyclic) bond motifs is 1. The Morgan fingerprint density at radius 1 is 1.19 bits per heavy atom. The summed E-state index contributed by atoms with van der Waals surface area (Å²) in [4.78, 5) is 12.3. The molecular formula is C19H15ClN2O5. The number of halogens is 1. The Kier molecular flexibility index (Phi) is 4.60. The van der Waals surface area contributed by atoms with E-state index in [2.05, 4.69) is 10.5 Å². The molecule has 1 aliphatic rings. The summed E-state index contributed by atoms with van der Waals surface area (Å²) in [5.74, 6) is 2.14. The van der Waals surface area contributed by atoms with Crippen LogP contribution in [0.25, 0.3) is 11.3 Å². The molecule has 7 nitrogen and oxygen atoms in total. The van der Waals surface area contributed by atoms with Crippen LogP contribution in [0.15, 0.2) is 47.0 Å². The Hall–Kier alpha value is -3.19. The molecule has 1 aromatic heterocycles. The van der Waals surface area contributed by atoms with Gasteiger partial charge in [0.05, 0.1) is 24.9 Å². The lowest BCUT2D eigenvalue weighted by atomic mass is 10.1. The van der Waals surface area contributed by atoms with Crippen molar-refractivity contribution in [3.8, 4) is 28.6 Å². The van der Waals surface area contributed by atoms with Gasteiger partial charge >= 0.3 is 0 Å². The molecular weight excluding hydrogens is 372 g/mol. The van der Waals surface area contributed by atoms with Gasteiger partial charge in [0.2, 0.25) is 12.7 Å². The zero-order valence-corrected chi connectivity index (χ0v) is 15.1. The standard InChI is InChI=1S/C19H15ClN2O5/c1-24-15-5-3-12(20)7-14(15)21-19(23)9-13-8-17(27-22-13)11-2-4-16-18(6-11)26-10-25-16/h2-8H,9-10H2,1H3,(H,21,23). The largest absolute Gasteiger partial charge is 0.495 e. The van der Waals surface area contributed by atoms with Gasteiger partial charge in [-0.05, 0) is 36.4 Å². The first kappa shape index (κ1) is 17.2. The maximum Gasteiger partial charge on any atom is 0.231 e. The van der Waals surface area contributed by atoms with Gasteiger partial charge in [-0.3, -0.25) is 4.79 Å². The van der Waals surface area contributed by atoms with Gasteiger partial charge in [0.15, 0.2) is 17.3 Å². The molecule has 4 rings (SSSR count). The minimum Gasteiger partial charge on any atom is -0.495 e. The Bertz CT molecular complexity index is 1000. The average Bonchev–Trinajstić information content (AvgIpc) is 3.30. The van der Waals surface area contributed by atoms with Crippen LogP contribution in [0.5, 0.6) is 17.2 Å². The molecule has 1 amide bonds. The number of hydrogen-bond acceptors (Lipinski definition) is 6. The number of nitrogens with one attached hydrogen (secondary N) is 1. The highest BCUT2D eigenvalue weighted by Crippen LogP contribution is 2.36. The van der Waals surface area contributed by atoms with Gasteiger partial charge in [0.1, 0.15) is 5.75 Å². The van der Waals surface area contributed by atoms with E-state index in [4.69, 9.17) is 30.3 Å². The normalized spacial score (nSPS) is 12.1. The third-order valence-electron chi connectivity index (χ3n) is 3.99. The number of benzene rings is 2. The SMILES string of the molecule is COc1ccc(Cl)cc1NC(=O)Cc1cc(-c2ccc3c(c2)OCO3)on1. The smallest absolute Gasteiger partial charge is 0.231 e. The summed E-state index contributed by atoms with van der Waals surface area (Å²) in [6.45, 7) is 0.202. The quantitative estimate of drug-likeness (QED) is 0.715. The molecule has 0 fully saturated rings. The molecule has 0 aliphatic carbocycles. The molecule has 2 heterocycles. The molecule has 8 heteroatoms. The second kappa shape index (κ2) is 7.20. The molecule has 1 aliphatic heterocycles. The fourth-order valence-corrected chi connectivity index (χ4v) is 2.89. The Balaban J connectivity index is 1.46. The molecule has 0 atom stereocenters. The van der Waals surface area contributed by atoms with Crippen molar-refractivity contribution in [3.05, 3.63) is 53.2 Å². The van der Waals surface area contributed by atoms with Crippen LogP contribution in [0.2, 0.25) is 5.02 Å². The van der Waals surface area contributed by atoms with Crippen LogP contribution >= 0.6 is 11.6 Å². The fraction of sp³-hybridized carbons (Fsp3) is 0.158. The Morgan fingerprint density at radius 3 is 2.89 bits per heavy atom.